The van der Waals surface area contributed by atoms with Gasteiger partial charge in [-0.05, 0) is 59.4 Å². The lowest BCUT2D eigenvalue weighted by atomic mass is 9.88. The van der Waals surface area contributed by atoms with Crippen molar-refractivity contribution in [2.24, 2.45) is 11.8 Å². The van der Waals surface area contributed by atoms with Crippen LogP contribution in [0.15, 0.2) is 78.9 Å². The maximum absolute atomic E-state index is 14.1. The molecule has 1 saturated heterocycles. The molecule has 0 bridgehead atoms. The minimum Gasteiger partial charge on any atom is -0.338 e. The van der Waals surface area contributed by atoms with Crippen molar-refractivity contribution in [3.05, 3.63) is 107 Å². The summed E-state index contributed by atoms with van der Waals surface area (Å²) in [6.45, 7) is 7.01. The number of carbonyl (C=O) groups is 1. The monoisotopic (exact) mass is 512 g/mol. The molecule has 1 fully saturated rings. The summed E-state index contributed by atoms with van der Waals surface area (Å²) in [6.07, 6.45) is -4.37. The van der Waals surface area contributed by atoms with E-state index in [9.17, 15) is 22.4 Å². The fourth-order valence-corrected chi connectivity index (χ4v) is 5.17. The number of benzene rings is 3. The first-order valence-corrected chi connectivity index (χ1v) is 12.6. The number of carbonyl (C=O) groups excluding carboxylic acids is 1. The second-order valence-electron chi connectivity index (χ2n) is 10.3. The third-order valence-corrected chi connectivity index (χ3v) is 6.83. The van der Waals surface area contributed by atoms with Crippen molar-refractivity contribution in [1.82, 2.24) is 9.80 Å². The molecule has 1 amide bonds. The van der Waals surface area contributed by atoms with Crippen LogP contribution < -0.4 is 0 Å². The summed E-state index contributed by atoms with van der Waals surface area (Å²) in [6, 6.07) is 21.0. The minimum atomic E-state index is -4.37. The van der Waals surface area contributed by atoms with Crippen molar-refractivity contribution in [3.63, 3.8) is 0 Å². The number of hydrogen-bond acceptors (Lipinski definition) is 2. The van der Waals surface area contributed by atoms with Crippen molar-refractivity contribution in [1.29, 1.82) is 0 Å². The van der Waals surface area contributed by atoms with Crippen LogP contribution in [0.25, 0.3) is 0 Å². The van der Waals surface area contributed by atoms with Crippen molar-refractivity contribution in [2.45, 2.75) is 32.5 Å². The first-order valence-electron chi connectivity index (χ1n) is 12.6. The van der Waals surface area contributed by atoms with Crippen molar-refractivity contribution >= 4 is 5.91 Å². The number of amides is 1. The highest BCUT2D eigenvalue weighted by Gasteiger charge is 2.36. The van der Waals surface area contributed by atoms with Gasteiger partial charge in [0.1, 0.15) is 5.82 Å². The van der Waals surface area contributed by atoms with E-state index in [1.54, 1.807) is 12.1 Å². The van der Waals surface area contributed by atoms with Crippen LogP contribution in [0.3, 0.4) is 0 Å². The molecule has 3 aromatic carbocycles. The predicted molar refractivity (Wildman–Crippen MR) is 137 cm³/mol. The van der Waals surface area contributed by atoms with Crippen LogP contribution in [0.1, 0.15) is 46.8 Å². The van der Waals surface area contributed by atoms with Crippen LogP contribution in [0.4, 0.5) is 17.6 Å². The molecule has 0 N–H and O–H groups in total. The van der Waals surface area contributed by atoms with E-state index in [-0.39, 0.29) is 29.5 Å². The zero-order chi connectivity index (χ0) is 26.6. The summed E-state index contributed by atoms with van der Waals surface area (Å²) >= 11 is 0. The van der Waals surface area contributed by atoms with Crippen LogP contribution in [0, 0.1) is 17.7 Å². The number of alkyl halides is 3. The first-order chi connectivity index (χ1) is 17.6. The molecule has 2 unspecified atom stereocenters. The molecule has 3 nitrogen and oxygen atoms in total. The lowest BCUT2D eigenvalue weighted by molar-refractivity contribution is -0.137. The average Bonchev–Trinajstić information content (AvgIpc) is 3.25. The standard InChI is InChI=1S/C30H32F4N2O/c1-21(2)16-36(29(37)23-7-4-3-5-8-23)19-25-18-35(20-28(25)24-9-6-10-27(31)15-24)17-22-11-13-26(14-12-22)30(32,33)34/h3-15,21,25,28H,16-20H2,1-2H3. The maximum Gasteiger partial charge on any atom is 0.416 e. The van der Waals surface area contributed by atoms with E-state index in [0.717, 1.165) is 23.3 Å². The third-order valence-electron chi connectivity index (χ3n) is 6.83. The molecule has 1 aliphatic heterocycles. The molecule has 0 aromatic heterocycles. The topological polar surface area (TPSA) is 23.6 Å². The van der Waals surface area contributed by atoms with E-state index in [1.165, 1.54) is 18.2 Å². The molecular formula is C30H32F4N2O. The number of likely N-dealkylation sites (tertiary alicyclic amines) is 1. The number of rotatable bonds is 8. The van der Waals surface area contributed by atoms with Crippen LogP contribution in [0.5, 0.6) is 0 Å². The Morgan fingerprint density at radius 1 is 0.973 bits per heavy atom. The van der Waals surface area contributed by atoms with Crippen molar-refractivity contribution < 1.29 is 22.4 Å². The summed E-state index contributed by atoms with van der Waals surface area (Å²) in [5.74, 6) is -0.0405. The van der Waals surface area contributed by atoms with E-state index in [1.807, 2.05) is 41.3 Å². The highest BCUT2D eigenvalue weighted by atomic mass is 19.4. The zero-order valence-corrected chi connectivity index (χ0v) is 21.1. The van der Waals surface area contributed by atoms with Crippen molar-refractivity contribution in [2.75, 3.05) is 26.2 Å². The van der Waals surface area contributed by atoms with Gasteiger partial charge < -0.3 is 4.90 Å². The molecule has 196 valence electrons. The number of hydrogen-bond donors (Lipinski definition) is 0. The summed E-state index contributed by atoms with van der Waals surface area (Å²) in [7, 11) is 0. The summed E-state index contributed by atoms with van der Waals surface area (Å²) < 4.78 is 53.1. The van der Waals surface area contributed by atoms with E-state index in [0.29, 0.717) is 38.3 Å². The third kappa shape index (κ3) is 6.98. The quantitative estimate of drug-likeness (QED) is 0.308. The molecule has 1 heterocycles. The molecule has 4 rings (SSSR count). The lowest BCUT2D eigenvalue weighted by Crippen LogP contribution is -2.39. The predicted octanol–water partition coefficient (Wildman–Crippen LogP) is 6.86. The number of halogens is 4. The molecule has 37 heavy (non-hydrogen) atoms. The summed E-state index contributed by atoms with van der Waals surface area (Å²) in [4.78, 5) is 17.5. The van der Waals surface area contributed by atoms with Gasteiger partial charge in [-0.25, -0.2) is 4.39 Å². The van der Waals surface area contributed by atoms with Gasteiger partial charge in [0.15, 0.2) is 0 Å². The Kier molecular flexibility index (Phi) is 8.32. The second kappa shape index (κ2) is 11.5. The van der Waals surface area contributed by atoms with Crippen LogP contribution >= 0.6 is 0 Å². The molecule has 7 heteroatoms. The molecular weight excluding hydrogens is 480 g/mol. The second-order valence-corrected chi connectivity index (χ2v) is 10.3. The normalized spacial score (nSPS) is 18.4. The summed E-state index contributed by atoms with van der Waals surface area (Å²) in [5, 5.41) is 0. The van der Waals surface area contributed by atoms with Gasteiger partial charge in [0, 0.05) is 44.2 Å². The van der Waals surface area contributed by atoms with E-state index in [2.05, 4.69) is 18.7 Å². The van der Waals surface area contributed by atoms with Gasteiger partial charge in [0.05, 0.1) is 5.56 Å². The zero-order valence-electron chi connectivity index (χ0n) is 21.1. The summed E-state index contributed by atoms with van der Waals surface area (Å²) in [5.41, 5.74) is 1.62. The fourth-order valence-electron chi connectivity index (χ4n) is 5.17. The molecule has 0 spiro atoms. The van der Waals surface area contributed by atoms with Gasteiger partial charge in [0.25, 0.3) is 5.91 Å². The van der Waals surface area contributed by atoms with Gasteiger partial charge >= 0.3 is 6.18 Å². The number of nitrogens with zero attached hydrogens (tertiary/aromatic N) is 2. The Morgan fingerprint density at radius 2 is 1.68 bits per heavy atom. The van der Waals surface area contributed by atoms with Crippen LogP contribution in [-0.2, 0) is 12.7 Å². The Balaban J connectivity index is 1.56. The Morgan fingerprint density at radius 3 is 2.30 bits per heavy atom. The van der Waals surface area contributed by atoms with Crippen LogP contribution in [-0.4, -0.2) is 41.9 Å². The highest BCUT2D eigenvalue weighted by molar-refractivity contribution is 5.94. The Bertz CT molecular complexity index is 1180. The SMILES string of the molecule is CC(C)CN(CC1CN(Cc2ccc(C(F)(F)F)cc2)CC1c1cccc(F)c1)C(=O)c1ccccc1. The van der Waals surface area contributed by atoms with Crippen LogP contribution in [0.2, 0.25) is 0 Å². The van der Waals surface area contributed by atoms with Gasteiger partial charge in [0.2, 0.25) is 0 Å². The van der Waals surface area contributed by atoms with E-state index < -0.39 is 11.7 Å². The van der Waals surface area contributed by atoms with Gasteiger partial charge in [-0.15, -0.1) is 0 Å². The molecule has 1 aliphatic rings. The molecule has 3 aromatic rings. The van der Waals surface area contributed by atoms with Gasteiger partial charge in [-0.2, -0.15) is 13.2 Å². The largest absolute Gasteiger partial charge is 0.416 e. The molecule has 0 aliphatic carbocycles. The smallest absolute Gasteiger partial charge is 0.338 e. The fraction of sp³-hybridized carbons (Fsp3) is 0.367. The molecule has 0 radical (unpaired) electrons. The Hall–Kier alpha value is -3.19. The minimum absolute atomic E-state index is 0.0108. The van der Waals surface area contributed by atoms with E-state index >= 15 is 0 Å². The van der Waals surface area contributed by atoms with Gasteiger partial charge in [-0.3, -0.25) is 9.69 Å². The molecule has 0 saturated carbocycles. The Labute approximate surface area is 215 Å². The molecule has 2 atom stereocenters. The highest BCUT2D eigenvalue weighted by Crippen LogP contribution is 2.35. The lowest BCUT2D eigenvalue weighted by Gasteiger charge is -2.30. The average molecular weight is 513 g/mol. The first kappa shape index (κ1) is 26.9. The van der Waals surface area contributed by atoms with E-state index in [4.69, 9.17) is 0 Å². The van der Waals surface area contributed by atoms with Gasteiger partial charge in [-0.1, -0.05) is 56.3 Å². The maximum atomic E-state index is 14.1. The van der Waals surface area contributed by atoms with Crippen molar-refractivity contribution in [3.8, 4) is 0 Å².